The molecule has 0 saturated carbocycles. The number of rotatable bonds is 3. The second-order valence-electron chi connectivity index (χ2n) is 7.06. The van der Waals surface area contributed by atoms with E-state index in [4.69, 9.17) is 4.74 Å². The third-order valence-electron chi connectivity index (χ3n) is 4.80. The van der Waals surface area contributed by atoms with Gasteiger partial charge in [0.1, 0.15) is 11.6 Å². The number of hydrogen-bond acceptors (Lipinski definition) is 2. The smallest absolute Gasteiger partial charge is 0.251 e. The summed E-state index contributed by atoms with van der Waals surface area (Å²) in [4.78, 5) is 12.3. The van der Waals surface area contributed by atoms with Gasteiger partial charge in [-0.3, -0.25) is 4.79 Å². The van der Waals surface area contributed by atoms with Crippen molar-refractivity contribution < 1.29 is 18.3 Å². The van der Waals surface area contributed by atoms with Crippen molar-refractivity contribution in [3.05, 3.63) is 70.8 Å². The third kappa shape index (κ3) is 5.15. The normalized spacial score (nSPS) is 15.5. The predicted octanol–water partition coefficient (Wildman–Crippen LogP) is 3.91. The topological polar surface area (TPSA) is 38.3 Å². The van der Waals surface area contributed by atoms with E-state index in [1.807, 2.05) is 0 Å². The first-order chi connectivity index (χ1) is 13.0. The van der Waals surface area contributed by atoms with E-state index < -0.39 is 11.6 Å². The molecule has 27 heavy (non-hydrogen) atoms. The number of amides is 1. The largest absolute Gasteiger partial charge is 0.381 e. The Morgan fingerprint density at radius 2 is 1.81 bits per heavy atom. The molecule has 0 radical (unpaired) electrons. The molecule has 2 aromatic rings. The number of carbonyl (C=O) groups excluding carboxylic acids is 1. The van der Waals surface area contributed by atoms with Gasteiger partial charge in [0.05, 0.1) is 5.56 Å². The number of nitrogens with one attached hydrogen (secondary N) is 1. The summed E-state index contributed by atoms with van der Waals surface area (Å²) in [6.45, 7) is 4.23. The number of halogens is 2. The van der Waals surface area contributed by atoms with Crippen LogP contribution in [0.15, 0.2) is 42.5 Å². The van der Waals surface area contributed by atoms with Gasteiger partial charge in [0.15, 0.2) is 0 Å². The Bertz CT molecular complexity index is 875. The zero-order chi connectivity index (χ0) is 19.3. The van der Waals surface area contributed by atoms with E-state index in [1.165, 1.54) is 12.1 Å². The molecule has 0 spiro atoms. The number of hydrogen-bond donors (Lipinski definition) is 1. The highest BCUT2D eigenvalue weighted by atomic mass is 19.1. The lowest BCUT2D eigenvalue weighted by Gasteiger charge is -2.33. The summed E-state index contributed by atoms with van der Waals surface area (Å²) in [6.07, 6.45) is 1.86. The Labute approximate surface area is 157 Å². The van der Waals surface area contributed by atoms with Crippen LogP contribution in [0.2, 0.25) is 0 Å². The van der Waals surface area contributed by atoms with E-state index in [0.29, 0.717) is 17.7 Å². The average molecular weight is 369 g/mol. The molecule has 0 unspecified atom stereocenters. The van der Waals surface area contributed by atoms with Crippen molar-refractivity contribution in [2.24, 2.45) is 5.41 Å². The van der Waals surface area contributed by atoms with Crippen LogP contribution in [0.3, 0.4) is 0 Å². The monoisotopic (exact) mass is 369 g/mol. The maximum Gasteiger partial charge on any atom is 0.251 e. The molecule has 3 rings (SSSR count). The molecule has 5 heteroatoms. The Hall–Kier alpha value is -2.71. The van der Waals surface area contributed by atoms with Gasteiger partial charge < -0.3 is 10.1 Å². The van der Waals surface area contributed by atoms with Gasteiger partial charge in [-0.1, -0.05) is 18.8 Å². The first-order valence-corrected chi connectivity index (χ1v) is 8.88. The maximum absolute atomic E-state index is 13.6. The van der Waals surface area contributed by atoms with Crippen LogP contribution in [0.25, 0.3) is 0 Å². The second-order valence-corrected chi connectivity index (χ2v) is 7.06. The van der Waals surface area contributed by atoms with Crippen LogP contribution in [0.1, 0.15) is 41.3 Å². The van der Waals surface area contributed by atoms with Crippen molar-refractivity contribution in [3.8, 4) is 11.8 Å². The Balaban J connectivity index is 1.61. The zero-order valence-corrected chi connectivity index (χ0v) is 15.1. The highest BCUT2D eigenvalue weighted by Crippen LogP contribution is 2.28. The van der Waals surface area contributed by atoms with Gasteiger partial charge in [0.25, 0.3) is 5.91 Å². The third-order valence-corrected chi connectivity index (χ3v) is 4.80. The first kappa shape index (κ1) is 19.1. The van der Waals surface area contributed by atoms with Gasteiger partial charge in [-0.15, -0.1) is 0 Å². The SMILES string of the molecule is CC1(CNC(=O)c2ccc(C#Cc3ccc(F)cc3F)cc2)CCOCC1. The number of ether oxygens (including phenoxy) is 1. The number of benzene rings is 2. The fraction of sp³-hybridized carbons (Fsp3) is 0.318. The molecule has 0 aromatic heterocycles. The van der Waals surface area contributed by atoms with Crippen molar-refractivity contribution in [2.75, 3.05) is 19.8 Å². The lowest BCUT2D eigenvalue weighted by Crippen LogP contribution is -2.39. The van der Waals surface area contributed by atoms with Gasteiger partial charge in [-0.05, 0) is 54.7 Å². The molecule has 0 atom stereocenters. The molecule has 3 nitrogen and oxygen atoms in total. The molecule has 0 aliphatic carbocycles. The Morgan fingerprint density at radius 1 is 1.11 bits per heavy atom. The minimum Gasteiger partial charge on any atom is -0.381 e. The standard InChI is InChI=1S/C22H21F2NO2/c1-22(10-12-27-13-11-22)15-25-21(26)18-6-3-16(4-7-18)2-5-17-8-9-19(23)14-20(17)24/h3-4,6-9,14H,10-13,15H2,1H3,(H,25,26). The van der Waals surface area contributed by atoms with Crippen LogP contribution in [0, 0.1) is 28.9 Å². The molecule has 140 valence electrons. The zero-order valence-electron chi connectivity index (χ0n) is 15.1. The highest BCUT2D eigenvalue weighted by Gasteiger charge is 2.27. The van der Waals surface area contributed by atoms with Crippen molar-refractivity contribution in [1.29, 1.82) is 0 Å². The molecule has 0 bridgehead atoms. The molecular formula is C22H21F2NO2. The first-order valence-electron chi connectivity index (χ1n) is 8.88. The molecule has 1 N–H and O–H groups in total. The molecule has 1 fully saturated rings. The average Bonchev–Trinajstić information content (AvgIpc) is 2.66. The van der Waals surface area contributed by atoms with Crippen LogP contribution < -0.4 is 5.32 Å². The molecular weight excluding hydrogens is 348 g/mol. The maximum atomic E-state index is 13.6. The summed E-state index contributed by atoms with van der Waals surface area (Å²) >= 11 is 0. The summed E-state index contributed by atoms with van der Waals surface area (Å²) in [5.41, 5.74) is 1.39. The highest BCUT2D eigenvalue weighted by molar-refractivity contribution is 5.94. The second kappa shape index (κ2) is 8.32. The lowest BCUT2D eigenvalue weighted by atomic mass is 9.82. The predicted molar refractivity (Wildman–Crippen MR) is 99.3 cm³/mol. The van der Waals surface area contributed by atoms with Gasteiger partial charge >= 0.3 is 0 Å². The van der Waals surface area contributed by atoms with E-state index in [0.717, 1.165) is 32.1 Å². The van der Waals surface area contributed by atoms with Crippen LogP contribution in [-0.2, 0) is 4.74 Å². The van der Waals surface area contributed by atoms with Crippen LogP contribution >= 0.6 is 0 Å². The van der Waals surface area contributed by atoms with Gasteiger partial charge in [-0.2, -0.15) is 0 Å². The molecule has 1 heterocycles. The lowest BCUT2D eigenvalue weighted by molar-refractivity contribution is 0.0238. The van der Waals surface area contributed by atoms with E-state index >= 15 is 0 Å². The van der Waals surface area contributed by atoms with Gasteiger partial charge in [-0.25, -0.2) is 8.78 Å². The summed E-state index contributed by atoms with van der Waals surface area (Å²) in [5.74, 6) is 4.03. The molecule has 2 aromatic carbocycles. The minimum absolute atomic E-state index is 0.0680. The fourth-order valence-corrected chi connectivity index (χ4v) is 2.87. The summed E-state index contributed by atoms with van der Waals surface area (Å²) < 4.78 is 31.9. The summed E-state index contributed by atoms with van der Waals surface area (Å²) in [6, 6.07) is 10.1. The van der Waals surface area contributed by atoms with Crippen molar-refractivity contribution in [1.82, 2.24) is 5.32 Å². The Morgan fingerprint density at radius 3 is 2.48 bits per heavy atom. The molecule has 1 amide bonds. The van der Waals surface area contributed by atoms with Crippen LogP contribution in [-0.4, -0.2) is 25.7 Å². The van der Waals surface area contributed by atoms with Crippen molar-refractivity contribution in [3.63, 3.8) is 0 Å². The van der Waals surface area contributed by atoms with Crippen LogP contribution in [0.4, 0.5) is 8.78 Å². The Kier molecular flexibility index (Phi) is 5.88. The van der Waals surface area contributed by atoms with Crippen LogP contribution in [0.5, 0.6) is 0 Å². The van der Waals surface area contributed by atoms with Gasteiger partial charge in [0, 0.05) is 37.0 Å². The summed E-state index contributed by atoms with van der Waals surface area (Å²) in [7, 11) is 0. The molecule has 1 aliphatic rings. The minimum atomic E-state index is -0.694. The van der Waals surface area contributed by atoms with Crippen molar-refractivity contribution in [2.45, 2.75) is 19.8 Å². The molecule has 1 aliphatic heterocycles. The van der Waals surface area contributed by atoms with E-state index in [9.17, 15) is 13.6 Å². The van der Waals surface area contributed by atoms with E-state index in [1.54, 1.807) is 24.3 Å². The molecule has 1 saturated heterocycles. The van der Waals surface area contributed by atoms with E-state index in [-0.39, 0.29) is 16.9 Å². The summed E-state index contributed by atoms with van der Waals surface area (Å²) in [5, 5.41) is 2.98. The van der Waals surface area contributed by atoms with E-state index in [2.05, 4.69) is 24.1 Å². The quantitative estimate of drug-likeness (QED) is 0.833. The number of carbonyl (C=O) groups is 1. The fourth-order valence-electron chi connectivity index (χ4n) is 2.87. The van der Waals surface area contributed by atoms with Crippen molar-refractivity contribution >= 4 is 5.91 Å². The van der Waals surface area contributed by atoms with Gasteiger partial charge in [0.2, 0.25) is 0 Å².